The van der Waals surface area contributed by atoms with Gasteiger partial charge < -0.3 is 21.7 Å². The number of carbonyl (C=O) groups is 1. The normalized spacial score (nSPS) is 15.3. The molecule has 0 spiro atoms. The van der Waals surface area contributed by atoms with E-state index in [9.17, 15) is 4.79 Å². The first-order valence-corrected chi connectivity index (χ1v) is 8.80. The van der Waals surface area contributed by atoms with Crippen LogP contribution in [0.1, 0.15) is 12.5 Å². The summed E-state index contributed by atoms with van der Waals surface area (Å²) in [6.07, 6.45) is 7.19. The standard InChI is InChI=1S/C20H24N6O/c1-4-16-14(7-13(3)24-20(27)25-15-9-23-10-15)8-18(26-19(16)21)17-11-22-6-5-12(17)2/h4-8,11,15,23H,3,9-10H2,1-2H3,(H2,21,26)(H2,24,25,27)/b14-7-,16-4+. The van der Waals surface area contributed by atoms with Crippen LogP contribution in [0.25, 0.3) is 23.4 Å². The van der Waals surface area contributed by atoms with Gasteiger partial charge in [-0.2, -0.15) is 0 Å². The molecule has 140 valence electrons. The van der Waals surface area contributed by atoms with Crippen molar-refractivity contribution in [2.24, 2.45) is 0 Å². The van der Waals surface area contributed by atoms with Crippen molar-refractivity contribution in [3.63, 3.8) is 0 Å². The van der Waals surface area contributed by atoms with E-state index in [1.165, 1.54) is 0 Å². The van der Waals surface area contributed by atoms with Crippen molar-refractivity contribution in [1.82, 2.24) is 25.9 Å². The van der Waals surface area contributed by atoms with Crippen molar-refractivity contribution in [2.75, 3.05) is 18.8 Å². The lowest BCUT2D eigenvalue weighted by Crippen LogP contribution is -2.58. The van der Waals surface area contributed by atoms with Crippen molar-refractivity contribution in [2.45, 2.75) is 19.9 Å². The second-order valence-electron chi connectivity index (χ2n) is 6.50. The van der Waals surface area contributed by atoms with Crippen molar-refractivity contribution in [1.29, 1.82) is 0 Å². The second kappa shape index (κ2) is 8.01. The van der Waals surface area contributed by atoms with Gasteiger partial charge in [-0.15, -0.1) is 0 Å². The molecule has 0 unspecified atom stereocenters. The first kappa shape index (κ1) is 18.6. The van der Waals surface area contributed by atoms with Gasteiger partial charge in [-0.3, -0.25) is 4.98 Å². The molecular formula is C20H24N6O. The van der Waals surface area contributed by atoms with Crippen LogP contribution in [0.5, 0.6) is 0 Å². The first-order valence-electron chi connectivity index (χ1n) is 8.80. The number of rotatable bonds is 4. The van der Waals surface area contributed by atoms with E-state index in [4.69, 9.17) is 5.73 Å². The van der Waals surface area contributed by atoms with Gasteiger partial charge in [0.2, 0.25) is 0 Å². The van der Waals surface area contributed by atoms with Crippen molar-refractivity contribution >= 4 is 24.0 Å². The molecule has 3 rings (SSSR count). The van der Waals surface area contributed by atoms with Gasteiger partial charge >= 0.3 is 6.03 Å². The van der Waals surface area contributed by atoms with Crippen LogP contribution in [0.15, 0.2) is 36.8 Å². The van der Waals surface area contributed by atoms with Gasteiger partial charge in [0.15, 0.2) is 0 Å². The molecule has 0 aliphatic carbocycles. The number of pyridine rings is 2. The van der Waals surface area contributed by atoms with E-state index in [0.717, 1.165) is 40.3 Å². The highest BCUT2D eigenvalue weighted by atomic mass is 16.2. The van der Waals surface area contributed by atoms with Gasteiger partial charge in [0, 0.05) is 42.0 Å². The Morgan fingerprint density at radius 1 is 1.44 bits per heavy atom. The maximum absolute atomic E-state index is 12.0. The van der Waals surface area contributed by atoms with Crippen LogP contribution in [-0.2, 0) is 0 Å². The third kappa shape index (κ3) is 4.32. The molecule has 0 saturated carbocycles. The molecule has 2 aromatic heterocycles. The smallest absolute Gasteiger partial charge is 0.319 e. The summed E-state index contributed by atoms with van der Waals surface area (Å²) in [5.41, 5.74) is 9.34. The third-order valence-corrected chi connectivity index (χ3v) is 4.44. The largest absolute Gasteiger partial charge is 0.383 e. The summed E-state index contributed by atoms with van der Waals surface area (Å²) >= 11 is 0. The Labute approximate surface area is 158 Å². The fraction of sp³-hybridized carbons (Fsp3) is 0.250. The van der Waals surface area contributed by atoms with Gasteiger partial charge in [0.25, 0.3) is 0 Å². The molecule has 1 aliphatic rings. The van der Waals surface area contributed by atoms with E-state index in [2.05, 4.69) is 32.5 Å². The Hall–Kier alpha value is -3.19. The highest BCUT2D eigenvalue weighted by molar-refractivity contribution is 5.78. The Kier molecular flexibility index (Phi) is 5.52. The predicted octanol–water partition coefficient (Wildman–Crippen LogP) is 0.400. The molecular weight excluding hydrogens is 340 g/mol. The lowest BCUT2D eigenvalue weighted by Gasteiger charge is -2.27. The maximum atomic E-state index is 12.0. The Morgan fingerprint density at radius 3 is 2.85 bits per heavy atom. The van der Waals surface area contributed by atoms with Crippen LogP contribution in [0.3, 0.4) is 0 Å². The number of hydrogen-bond acceptors (Lipinski definition) is 5. The topological polar surface area (TPSA) is 105 Å². The average molecular weight is 364 g/mol. The summed E-state index contributed by atoms with van der Waals surface area (Å²) < 4.78 is 0. The van der Waals surface area contributed by atoms with Crippen molar-refractivity contribution in [3.8, 4) is 11.3 Å². The number of urea groups is 1. The van der Waals surface area contributed by atoms with Crippen LogP contribution in [0.4, 0.5) is 10.6 Å². The van der Waals surface area contributed by atoms with Crippen LogP contribution >= 0.6 is 0 Å². The summed E-state index contributed by atoms with van der Waals surface area (Å²) in [5.74, 6) is 0.419. The fourth-order valence-electron chi connectivity index (χ4n) is 2.88. The number of carbonyl (C=O) groups excluding carboxylic acids is 1. The zero-order valence-corrected chi connectivity index (χ0v) is 15.5. The molecule has 2 aromatic rings. The average Bonchev–Trinajstić information content (AvgIpc) is 2.58. The van der Waals surface area contributed by atoms with Gasteiger partial charge in [-0.05, 0) is 42.8 Å². The van der Waals surface area contributed by atoms with E-state index < -0.39 is 0 Å². The molecule has 3 heterocycles. The number of aryl methyl sites for hydroxylation is 1. The lowest BCUT2D eigenvalue weighted by molar-refractivity contribution is 0.234. The Morgan fingerprint density at radius 2 is 2.22 bits per heavy atom. The molecule has 7 nitrogen and oxygen atoms in total. The third-order valence-electron chi connectivity index (χ3n) is 4.44. The summed E-state index contributed by atoms with van der Waals surface area (Å²) in [5, 5.41) is 10.4. The zero-order valence-electron chi connectivity index (χ0n) is 15.5. The van der Waals surface area contributed by atoms with E-state index in [-0.39, 0.29) is 12.1 Å². The van der Waals surface area contributed by atoms with Crippen LogP contribution in [0.2, 0.25) is 0 Å². The highest BCUT2D eigenvalue weighted by Gasteiger charge is 2.18. The Bertz CT molecular complexity index is 994. The molecule has 7 heteroatoms. The quantitative estimate of drug-likeness (QED) is 0.629. The molecule has 1 fully saturated rings. The summed E-state index contributed by atoms with van der Waals surface area (Å²) in [4.78, 5) is 20.7. The fourth-order valence-corrected chi connectivity index (χ4v) is 2.88. The van der Waals surface area contributed by atoms with Crippen LogP contribution in [0, 0.1) is 6.92 Å². The number of anilines is 1. The minimum Gasteiger partial charge on any atom is -0.383 e. The SMILES string of the molecule is C=C(/C=c1/cc(-c2cnccc2C)nc(N)/c1=C/C)NC(=O)NC1CNC1. The number of hydrogen-bond donors (Lipinski definition) is 4. The van der Waals surface area contributed by atoms with Crippen molar-refractivity contribution in [3.05, 3.63) is 52.8 Å². The predicted molar refractivity (Wildman–Crippen MR) is 108 cm³/mol. The molecule has 0 atom stereocenters. The second-order valence-corrected chi connectivity index (χ2v) is 6.50. The number of nitrogens with two attached hydrogens (primary N) is 1. The molecule has 27 heavy (non-hydrogen) atoms. The minimum absolute atomic E-state index is 0.161. The summed E-state index contributed by atoms with van der Waals surface area (Å²) in [6.45, 7) is 9.40. The molecule has 0 aromatic carbocycles. The van der Waals surface area contributed by atoms with Crippen molar-refractivity contribution < 1.29 is 4.79 Å². The minimum atomic E-state index is -0.268. The van der Waals surface area contributed by atoms with Crippen LogP contribution < -0.4 is 32.1 Å². The number of nitrogens with zero attached hydrogens (tertiary/aromatic N) is 2. The number of aromatic nitrogens is 2. The summed E-state index contributed by atoms with van der Waals surface area (Å²) in [6, 6.07) is 3.75. The molecule has 2 amide bonds. The first-order chi connectivity index (χ1) is 13.0. The number of nitrogens with one attached hydrogen (secondary N) is 3. The molecule has 1 aliphatic heterocycles. The van der Waals surface area contributed by atoms with E-state index in [0.29, 0.717) is 11.5 Å². The van der Waals surface area contributed by atoms with Gasteiger partial charge in [0.05, 0.1) is 11.7 Å². The van der Waals surface area contributed by atoms with E-state index in [1.807, 2.05) is 32.1 Å². The van der Waals surface area contributed by atoms with Gasteiger partial charge in [-0.1, -0.05) is 12.7 Å². The van der Waals surface area contributed by atoms with Gasteiger partial charge in [0.1, 0.15) is 5.82 Å². The van der Waals surface area contributed by atoms with E-state index >= 15 is 0 Å². The highest BCUT2D eigenvalue weighted by Crippen LogP contribution is 2.18. The zero-order chi connectivity index (χ0) is 19.4. The molecule has 0 bridgehead atoms. The number of amides is 2. The number of nitrogen functional groups attached to an aromatic ring is 1. The summed E-state index contributed by atoms with van der Waals surface area (Å²) in [7, 11) is 0. The van der Waals surface area contributed by atoms with Gasteiger partial charge in [-0.25, -0.2) is 9.78 Å². The number of allylic oxidation sites excluding steroid dienone is 1. The van der Waals surface area contributed by atoms with E-state index in [1.54, 1.807) is 18.5 Å². The molecule has 5 N–H and O–H groups in total. The van der Waals surface area contributed by atoms with Crippen LogP contribution in [-0.4, -0.2) is 35.1 Å². The lowest BCUT2D eigenvalue weighted by atomic mass is 10.1. The maximum Gasteiger partial charge on any atom is 0.319 e. The monoisotopic (exact) mass is 364 g/mol. The molecule has 1 saturated heterocycles. The Balaban J connectivity index is 1.93. The molecule has 0 radical (unpaired) electrons.